The number of hydrogen-bond acceptors (Lipinski definition) is 0. The summed E-state index contributed by atoms with van der Waals surface area (Å²) in [6.45, 7) is 0. The molecule has 2 heteroatoms. The molecule has 1 saturated carbocycles. The largest absolute Gasteiger partial charge is 0.506 e. The summed E-state index contributed by atoms with van der Waals surface area (Å²) in [6.07, 6.45) is 7.77. The van der Waals surface area contributed by atoms with E-state index < -0.39 is 0 Å². The minimum atomic E-state index is 0.249. The van der Waals surface area contributed by atoms with Crippen LogP contribution in [0.15, 0.2) is 0 Å². The predicted octanol–water partition coefficient (Wildman–Crippen LogP) is 2.13. The van der Waals surface area contributed by atoms with Gasteiger partial charge in [-0.25, -0.2) is 0 Å². The molecule has 0 amide bonds. The first-order valence-corrected chi connectivity index (χ1v) is 4.80. The Morgan fingerprint density at radius 1 is 1.09 bits per heavy atom. The molecule has 3 aliphatic heterocycles. The van der Waals surface area contributed by atoms with Crippen molar-refractivity contribution in [3.63, 3.8) is 0 Å². The van der Waals surface area contributed by atoms with E-state index >= 15 is 0 Å². The van der Waals surface area contributed by atoms with E-state index in [2.05, 4.69) is 0 Å². The molecule has 0 N–H and O–H groups in total. The van der Waals surface area contributed by atoms with Gasteiger partial charge in [-0.1, -0.05) is 0 Å². The molecule has 2 nitrogen and oxygen atoms in total. The zero-order valence-corrected chi connectivity index (χ0v) is 6.79. The Morgan fingerprint density at radius 2 is 1.73 bits per heavy atom. The first-order valence-electron chi connectivity index (χ1n) is 4.80. The first-order chi connectivity index (χ1) is 5.32. The molecule has 11 heavy (non-hydrogen) atoms. The smallest absolute Gasteiger partial charge is 0.151 e. The van der Waals surface area contributed by atoms with Crippen LogP contribution in [-0.4, -0.2) is 16.3 Å². The Bertz CT molecular complexity index is 208. The maximum Gasteiger partial charge on any atom is 0.151 e. The molecular weight excluding hydrogens is 136 g/mol. The summed E-state index contributed by atoms with van der Waals surface area (Å²) >= 11 is 0. The van der Waals surface area contributed by atoms with Gasteiger partial charge in [0.25, 0.3) is 0 Å². The van der Waals surface area contributed by atoms with Crippen LogP contribution < -0.4 is 0 Å². The van der Waals surface area contributed by atoms with Crippen LogP contribution in [0.5, 0.6) is 0 Å². The number of hydrogen-bond donors (Lipinski definition) is 0. The van der Waals surface area contributed by atoms with Crippen molar-refractivity contribution in [2.45, 2.75) is 50.1 Å². The second-order valence-corrected chi connectivity index (χ2v) is 4.51. The van der Waals surface area contributed by atoms with Crippen LogP contribution in [0.1, 0.15) is 38.5 Å². The lowest BCUT2D eigenvalue weighted by Gasteiger charge is -2.43. The van der Waals surface area contributed by atoms with Crippen molar-refractivity contribution in [1.82, 2.24) is 0 Å². The molecular formula is C9H14N2. The second-order valence-electron chi connectivity index (χ2n) is 4.51. The molecule has 3 bridgehead atoms. The summed E-state index contributed by atoms with van der Waals surface area (Å²) in [5.41, 5.74) is 10.1. The van der Waals surface area contributed by atoms with E-state index in [4.69, 9.17) is 0 Å². The van der Waals surface area contributed by atoms with Gasteiger partial charge < -0.3 is 10.2 Å². The van der Waals surface area contributed by atoms with E-state index in [0.29, 0.717) is 6.04 Å². The van der Waals surface area contributed by atoms with Gasteiger partial charge in [0.05, 0.1) is 0 Å². The van der Waals surface area contributed by atoms with Crippen molar-refractivity contribution in [2.24, 2.45) is 5.92 Å². The summed E-state index contributed by atoms with van der Waals surface area (Å²) < 4.78 is 1.71. The average Bonchev–Trinajstić information content (AvgIpc) is 2.28. The molecule has 4 aliphatic rings. The fourth-order valence-corrected chi connectivity index (χ4v) is 3.48. The number of rotatable bonds is 0. The van der Waals surface area contributed by atoms with Gasteiger partial charge in [-0.3, -0.25) is 0 Å². The first kappa shape index (κ1) is 6.15. The molecule has 0 aromatic heterocycles. The Kier molecular flexibility index (Phi) is 0.936. The van der Waals surface area contributed by atoms with Crippen LogP contribution in [-0.2, 0) is 0 Å². The Labute approximate surface area is 67.1 Å². The summed E-state index contributed by atoms with van der Waals surface area (Å²) in [4.78, 5) is 0. The van der Waals surface area contributed by atoms with Crippen molar-refractivity contribution in [3.8, 4) is 0 Å². The van der Waals surface area contributed by atoms with Gasteiger partial charge >= 0.3 is 0 Å². The minimum absolute atomic E-state index is 0.249. The van der Waals surface area contributed by atoms with Crippen molar-refractivity contribution in [1.29, 1.82) is 0 Å². The van der Waals surface area contributed by atoms with Gasteiger partial charge in [0, 0.05) is 31.6 Å². The molecule has 4 fully saturated rings. The number of piperidine rings is 2. The molecule has 3 heterocycles. The highest BCUT2D eigenvalue weighted by molar-refractivity contribution is 4.99. The van der Waals surface area contributed by atoms with Crippen molar-refractivity contribution < 1.29 is 4.70 Å². The van der Waals surface area contributed by atoms with Crippen LogP contribution in [0.3, 0.4) is 0 Å². The predicted molar refractivity (Wildman–Crippen MR) is 41.3 cm³/mol. The van der Waals surface area contributed by atoms with Crippen LogP contribution in [0.4, 0.5) is 0 Å². The molecule has 60 valence electrons. The highest BCUT2D eigenvalue weighted by Gasteiger charge is 2.57. The van der Waals surface area contributed by atoms with Gasteiger partial charge in [0.15, 0.2) is 5.54 Å². The van der Waals surface area contributed by atoms with Gasteiger partial charge in [0.1, 0.15) is 6.04 Å². The molecule has 1 atom stereocenters. The van der Waals surface area contributed by atoms with Crippen molar-refractivity contribution >= 4 is 0 Å². The zero-order valence-electron chi connectivity index (χ0n) is 6.79. The van der Waals surface area contributed by atoms with Gasteiger partial charge in [-0.15, -0.1) is 0 Å². The van der Waals surface area contributed by atoms with E-state index in [9.17, 15) is 5.53 Å². The topological polar surface area (TPSA) is 25.3 Å². The molecule has 0 aromatic carbocycles. The van der Waals surface area contributed by atoms with Crippen LogP contribution >= 0.6 is 0 Å². The highest BCUT2D eigenvalue weighted by Crippen LogP contribution is 2.52. The second kappa shape index (κ2) is 1.67. The molecule has 1 spiro atoms. The molecule has 0 aromatic rings. The standard InChI is InChI=1S/C9H14N2/c10-11-8-3-6-9(11)4-1-7(8)2-5-9/h7-8H,1-6H2. The van der Waals surface area contributed by atoms with Crippen molar-refractivity contribution in [3.05, 3.63) is 5.53 Å². The third-order valence-electron chi connectivity index (χ3n) is 4.21. The molecule has 0 radical (unpaired) electrons. The summed E-state index contributed by atoms with van der Waals surface area (Å²) in [5.74, 6) is 0.823. The Hall–Kier alpha value is -0.400. The monoisotopic (exact) mass is 150 g/mol. The van der Waals surface area contributed by atoms with Gasteiger partial charge in [-0.05, 0) is 12.8 Å². The number of fused-ring (bicyclic) bond motifs is 2. The molecule has 1 aliphatic carbocycles. The van der Waals surface area contributed by atoms with Crippen LogP contribution in [0, 0.1) is 5.92 Å². The molecule has 3 saturated heterocycles. The average molecular weight is 150 g/mol. The fraction of sp³-hybridized carbons (Fsp3) is 1.00. The molecule has 4 rings (SSSR count). The van der Waals surface area contributed by atoms with E-state index in [1.54, 1.807) is 4.70 Å². The Morgan fingerprint density at radius 3 is 2.27 bits per heavy atom. The normalized spacial score (nSPS) is 53.6. The number of nitrogens with zero attached hydrogens (tertiary/aromatic N) is 2. The maximum atomic E-state index is 9.82. The SMILES string of the molecule is [N-]=[N+]1C2CCC13CCC2CC3. The summed E-state index contributed by atoms with van der Waals surface area (Å²) in [5, 5.41) is 0. The van der Waals surface area contributed by atoms with Gasteiger partial charge in [-0.2, -0.15) is 0 Å². The van der Waals surface area contributed by atoms with E-state index in [1.165, 1.54) is 38.5 Å². The fourth-order valence-electron chi connectivity index (χ4n) is 3.48. The van der Waals surface area contributed by atoms with E-state index in [-0.39, 0.29) is 5.54 Å². The van der Waals surface area contributed by atoms with Crippen LogP contribution in [0.25, 0.3) is 5.53 Å². The third kappa shape index (κ3) is 0.555. The van der Waals surface area contributed by atoms with E-state index in [0.717, 1.165) is 5.92 Å². The Balaban J connectivity index is 2.11. The van der Waals surface area contributed by atoms with Crippen molar-refractivity contribution in [2.75, 3.05) is 0 Å². The lowest BCUT2D eigenvalue weighted by atomic mass is 9.73. The van der Waals surface area contributed by atoms with Crippen LogP contribution in [0.2, 0.25) is 0 Å². The highest BCUT2D eigenvalue weighted by atomic mass is 15.3. The summed E-state index contributed by atoms with van der Waals surface area (Å²) in [6, 6.07) is 0.539. The molecule has 1 unspecified atom stereocenters. The lowest BCUT2D eigenvalue weighted by Crippen LogP contribution is -2.50. The van der Waals surface area contributed by atoms with E-state index in [1.807, 2.05) is 0 Å². The quantitative estimate of drug-likeness (QED) is 0.473. The summed E-state index contributed by atoms with van der Waals surface area (Å²) in [7, 11) is 0. The minimum Gasteiger partial charge on any atom is -0.506 e. The van der Waals surface area contributed by atoms with Gasteiger partial charge in [0.2, 0.25) is 0 Å². The lowest BCUT2D eigenvalue weighted by molar-refractivity contribution is -0.666. The third-order valence-corrected chi connectivity index (χ3v) is 4.21. The zero-order chi connectivity index (χ0) is 7.47. The maximum absolute atomic E-state index is 9.82.